The van der Waals surface area contributed by atoms with E-state index in [1.807, 2.05) is 12.1 Å². The molecule has 2 aliphatic rings. The molecule has 6 nitrogen and oxygen atoms in total. The second-order valence-electron chi connectivity index (χ2n) is 7.94. The van der Waals surface area contributed by atoms with E-state index in [1.54, 1.807) is 12.4 Å². The van der Waals surface area contributed by atoms with Crippen molar-refractivity contribution in [3.63, 3.8) is 0 Å². The Bertz CT molecular complexity index is 789. The van der Waals surface area contributed by atoms with Crippen molar-refractivity contribution < 1.29 is 4.74 Å². The molecule has 2 saturated heterocycles. The van der Waals surface area contributed by atoms with E-state index in [9.17, 15) is 0 Å². The van der Waals surface area contributed by atoms with E-state index in [0.717, 1.165) is 50.6 Å². The van der Waals surface area contributed by atoms with Crippen LogP contribution in [0.1, 0.15) is 37.8 Å². The number of nitrogens with zero attached hydrogens (tertiary/aromatic N) is 4. The fourth-order valence-corrected chi connectivity index (χ4v) is 4.43. The normalized spacial score (nSPS) is 23.3. The molecule has 4 rings (SSSR count). The molecule has 6 heteroatoms. The molecule has 2 unspecified atom stereocenters. The third kappa shape index (κ3) is 4.60. The summed E-state index contributed by atoms with van der Waals surface area (Å²) in [5.74, 6) is 0. The van der Waals surface area contributed by atoms with Gasteiger partial charge in [-0.15, -0.1) is 0 Å². The monoisotopic (exact) mass is 393 g/mol. The van der Waals surface area contributed by atoms with Gasteiger partial charge in [0, 0.05) is 31.4 Å². The number of ether oxygens (including phenoxy) is 1. The van der Waals surface area contributed by atoms with Crippen LogP contribution >= 0.6 is 0 Å². The lowest BCUT2D eigenvalue weighted by molar-refractivity contribution is 0.109. The van der Waals surface area contributed by atoms with Crippen LogP contribution in [0.2, 0.25) is 0 Å². The molecule has 2 atom stereocenters. The molecule has 0 radical (unpaired) electrons. The summed E-state index contributed by atoms with van der Waals surface area (Å²) in [4.78, 5) is 14.0. The van der Waals surface area contributed by atoms with E-state index in [2.05, 4.69) is 52.0 Å². The minimum Gasteiger partial charge on any atom is -0.462 e. The van der Waals surface area contributed by atoms with Crippen molar-refractivity contribution in [1.29, 1.82) is 0 Å². The van der Waals surface area contributed by atoms with E-state index >= 15 is 0 Å². The molecular formula is C23H31N5O. The van der Waals surface area contributed by atoms with E-state index in [0.29, 0.717) is 18.7 Å². The van der Waals surface area contributed by atoms with Crippen LogP contribution in [-0.2, 0) is 4.74 Å². The molecule has 0 amide bonds. The predicted molar refractivity (Wildman–Crippen MR) is 116 cm³/mol. The maximum Gasteiger partial charge on any atom is 0.293 e. The number of hydrogen-bond donors (Lipinski definition) is 1. The summed E-state index contributed by atoms with van der Waals surface area (Å²) in [6.45, 7) is 5.84. The standard InChI is InChI=1S/C23H31N5O/c1-18(9-12-24)27-14-10-21(11-15-27)28-22(19-6-3-2-4-7-19)17-29-23(28)26-20-8-5-13-25-16-20/h2-8,13,16,18,21-22H,9-12,14-15,17,24H2,1H3/b26-23+. The Morgan fingerprint density at radius 3 is 2.66 bits per heavy atom. The molecule has 2 fully saturated rings. The highest BCUT2D eigenvalue weighted by Gasteiger charge is 2.39. The molecule has 29 heavy (non-hydrogen) atoms. The highest BCUT2D eigenvalue weighted by atomic mass is 16.5. The van der Waals surface area contributed by atoms with Gasteiger partial charge in [0.25, 0.3) is 6.02 Å². The molecule has 154 valence electrons. The molecule has 0 saturated carbocycles. The SMILES string of the molecule is CC(CCN)N1CCC(N2/C(=N\c3cccnc3)OCC2c2ccccc2)CC1. The fraction of sp³-hybridized carbons (Fsp3) is 0.478. The van der Waals surface area contributed by atoms with Gasteiger partial charge < -0.3 is 20.3 Å². The number of piperidine rings is 1. The zero-order valence-corrected chi connectivity index (χ0v) is 17.2. The third-order valence-electron chi connectivity index (χ3n) is 6.08. The Morgan fingerprint density at radius 1 is 1.17 bits per heavy atom. The van der Waals surface area contributed by atoms with Crippen LogP contribution in [0.3, 0.4) is 0 Å². The zero-order chi connectivity index (χ0) is 20.1. The number of rotatable bonds is 6. The Morgan fingerprint density at radius 2 is 1.97 bits per heavy atom. The van der Waals surface area contributed by atoms with Crippen molar-refractivity contribution in [2.45, 2.75) is 44.3 Å². The van der Waals surface area contributed by atoms with E-state index in [4.69, 9.17) is 15.5 Å². The summed E-state index contributed by atoms with van der Waals surface area (Å²) < 4.78 is 6.12. The molecule has 1 aromatic heterocycles. The molecule has 0 bridgehead atoms. The van der Waals surface area contributed by atoms with E-state index in [-0.39, 0.29) is 6.04 Å². The summed E-state index contributed by atoms with van der Waals surface area (Å²) in [6, 6.07) is 16.4. The summed E-state index contributed by atoms with van der Waals surface area (Å²) >= 11 is 0. The summed E-state index contributed by atoms with van der Waals surface area (Å²) in [5.41, 5.74) is 7.87. The molecule has 2 aliphatic heterocycles. The number of nitrogens with two attached hydrogens (primary N) is 1. The predicted octanol–water partition coefficient (Wildman–Crippen LogP) is 3.34. The Kier molecular flexibility index (Phi) is 6.42. The van der Waals surface area contributed by atoms with Crippen LogP contribution in [0, 0.1) is 0 Å². The number of hydrogen-bond acceptors (Lipinski definition) is 5. The van der Waals surface area contributed by atoms with Gasteiger partial charge in [-0.1, -0.05) is 30.3 Å². The first-order valence-electron chi connectivity index (χ1n) is 10.6. The first-order valence-corrected chi connectivity index (χ1v) is 10.6. The molecule has 3 heterocycles. The van der Waals surface area contributed by atoms with Crippen molar-refractivity contribution in [1.82, 2.24) is 14.8 Å². The van der Waals surface area contributed by atoms with Gasteiger partial charge in [0.15, 0.2) is 0 Å². The topological polar surface area (TPSA) is 67.0 Å². The van der Waals surface area contributed by atoms with Crippen LogP contribution in [0.4, 0.5) is 5.69 Å². The van der Waals surface area contributed by atoms with Crippen molar-refractivity contribution in [2.75, 3.05) is 26.2 Å². The summed E-state index contributed by atoms with van der Waals surface area (Å²) in [6.07, 6.45) is 6.81. The Hall–Kier alpha value is -2.44. The van der Waals surface area contributed by atoms with Gasteiger partial charge in [-0.3, -0.25) is 4.98 Å². The Labute approximate surface area is 173 Å². The van der Waals surface area contributed by atoms with Crippen molar-refractivity contribution in [2.24, 2.45) is 10.7 Å². The Balaban J connectivity index is 1.56. The highest BCUT2D eigenvalue weighted by molar-refractivity contribution is 5.79. The van der Waals surface area contributed by atoms with Crippen LogP contribution in [0.15, 0.2) is 59.9 Å². The highest BCUT2D eigenvalue weighted by Crippen LogP contribution is 2.34. The van der Waals surface area contributed by atoms with Crippen LogP contribution < -0.4 is 5.73 Å². The smallest absolute Gasteiger partial charge is 0.293 e. The minimum absolute atomic E-state index is 0.199. The maximum atomic E-state index is 6.12. The second-order valence-corrected chi connectivity index (χ2v) is 7.94. The maximum absolute atomic E-state index is 6.12. The molecular weight excluding hydrogens is 362 g/mol. The van der Waals surface area contributed by atoms with Crippen LogP contribution in [0.25, 0.3) is 0 Å². The van der Waals surface area contributed by atoms with Gasteiger partial charge in [-0.25, -0.2) is 0 Å². The fourth-order valence-electron chi connectivity index (χ4n) is 4.43. The molecule has 2 N–H and O–H groups in total. The van der Waals surface area contributed by atoms with Gasteiger partial charge in [-0.05, 0) is 50.4 Å². The third-order valence-corrected chi connectivity index (χ3v) is 6.08. The van der Waals surface area contributed by atoms with Gasteiger partial charge in [-0.2, -0.15) is 4.99 Å². The summed E-state index contributed by atoms with van der Waals surface area (Å²) in [5, 5.41) is 0. The average molecular weight is 394 g/mol. The quantitative estimate of drug-likeness (QED) is 0.815. The average Bonchev–Trinajstić information content (AvgIpc) is 3.19. The molecule has 2 aromatic rings. The van der Waals surface area contributed by atoms with Crippen LogP contribution in [0.5, 0.6) is 0 Å². The number of likely N-dealkylation sites (tertiary alicyclic amines) is 1. The second kappa shape index (κ2) is 9.37. The lowest BCUT2D eigenvalue weighted by Crippen LogP contribution is -2.49. The first kappa shape index (κ1) is 19.9. The van der Waals surface area contributed by atoms with Gasteiger partial charge in [0.1, 0.15) is 6.61 Å². The van der Waals surface area contributed by atoms with Gasteiger partial charge in [0.2, 0.25) is 0 Å². The van der Waals surface area contributed by atoms with Crippen molar-refractivity contribution >= 4 is 11.7 Å². The number of aliphatic imine (C=N–C) groups is 1. The van der Waals surface area contributed by atoms with Crippen molar-refractivity contribution in [3.8, 4) is 0 Å². The largest absolute Gasteiger partial charge is 0.462 e. The number of aromatic nitrogens is 1. The van der Waals surface area contributed by atoms with Crippen LogP contribution in [-0.4, -0.2) is 59.1 Å². The zero-order valence-electron chi connectivity index (χ0n) is 17.2. The minimum atomic E-state index is 0.199. The number of pyridine rings is 1. The summed E-state index contributed by atoms with van der Waals surface area (Å²) in [7, 11) is 0. The molecule has 0 aliphatic carbocycles. The van der Waals surface area contributed by atoms with Gasteiger partial charge >= 0.3 is 0 Å². The lowest BCUT2D eigenvalue weighted by Gasteiger charge is -2.41. The van der Waals surface area contributed by atoms with Crippen molar-refractivity contribution in [3.05, 3.63) is 60.4 Å². The number of amidine groups is 1. The first-order chi connectivity index (χ1) is 14.3. The van der Waals surface area contributed by atoms with E-state index in [1.165, 1.54) is 5.56 Å². The molecule has 0 spiro atoms. The lowest BCUT2D eigenvalue weighted by atomic mass is 9.98. The molecule has 1 aromatic carbocycles. The van der Waals surface area contributed by atoms with E-state index < -0.39 is 0 Å². The number of benzene rings is 1. The van der Waals surface area contributed by atoms with Gasteiger partial charge in [0.05, 0.1) is 17.9 Å².